The van der Waals surface area contributed by atoms with Crippen LogP contribution in [0, 0.1) is 0 Å². The first-order valence-corrected chi connectivity index (χ1v) is 12.5. The van der Waals surface area contributed by atoms with E-state index in [2.05, 4.69) is 5.32 Å². The summed E-state index contributed by atoms with van der Waals surface area (Å²) >= 11 is 8.10. The van der Waals surface area contributed by atoms with Crippen molar-refractivity contribution in [1.29, 1.82) is 0 Å². The van der Waals surface area contributed by atoms with Crippen LogP contribution in [0.25, 0.3) is 10.1 Å². The van der Waals surface area contributed by atoms with Gasteiger partial charge in [-0.15, -0.1) is 22.7 Å². The van der Waals surface area contributed by atoms with Gasteiger partial charge in [0.2, 0.25) is 5.91 Å². The Bertz CT molecular complexity index is 1230. The molecule has 0 radical (unpaired) electrons. The van der Waals surface area contributed by atoms with Gasteiger partial charge in [0.1, 0.15) is 20.8 Å². The number of nitrogens with one attached hydrogen (secondary N) is 1. The van der Waals surface area contributed by atoms with Crippen molar-refractivity contribution in [2.24, 2.45) is 0 Å². The molecule has 1 saturated heterocycles. The predicted octanol–water partition coefficient (Wildman–Crippen LogP) is 4.19. The number of ether oxygens (including phenoxy) is 1. The van der Waals surface area contributed by atoms with Crippen molar-refractivity contribution in [3.63, 3.8) is 0 Å². The van der Waals surface area contributed by atoms with Gasteiger partial charge in [-0.25, -0.2) is 13.2 Å². The fourth-order valence-corrected chi connectivity index (χ4v) is 7.84. The summed E-state index contributed by atoms with van der Waals surface area (Å²) in [5.41, 5.74) is 0.267. The largest absolute Gasteiger partial charge is 0.465 e. The molecule has 11 heteroatoms. The van der Waals surface area contributed by atoms with Crippen LogP contribution in [0.4, 0.5) is 5.00 Å². The van der Waals surface area contributed by atoms with E-state index in [4.69, 9.17) is 16.3 Å². The highest BCUT2D eigenvalue weighted by atomic mass is 35.5. The van der Waals surface area contributed by atoms with Crippen molar-refractivity contribution in [2.45, 2.75) is 23.1 Å². The molecule has 1 atom stereocenters. The first-order valence-electron chi connectivity index (χ1n) is 9.01. The zero-order chi connectivity index (χ0) is 21.5. The molecule has 158 valence electrons. The number of hydrogen-bond acceptors (Lipinski definition) is 7. The molecule has 1 N–H and O–H groups in total. The van der Waals surface area contributed by atoms with Crippen molar-refractivity contribution in [3.8, 4) is 0 Å². The van der Waals surface area contributed by atoms with E-state index in [1.165, 1.54) is 34.9 Å². The lowest BCUT2D eigenvalue weighted by Gasteiger charge is -2.22. The number of esters is 1. The van der Waals surface area contributed by atoms with E-state index in [1.807, 2.05) is 12.1 Å². The van der Waals surface area contributed by atoms with Crippen LogP contribution in [0.2, 0.25) is 4.34 Å². The summed E-state index contributed by atoms with van der Waals surface area (Å²) in [7, 11) is -2.57. The van der Waals surface area contributed by atoms with Crippen molar-refractivity contribution >= 4 is 71.3 Å². The molecule has 0 spiro atoms. The van der Waals surface area contributed by atoms with Gasteiger partial charge in [-0.05, 0) is 31.0 Å². The van der Waals surface area contributed by atoms with E-state index < -0.39 is 27.9 Å². The van der Waals surface area contributed by atoms with Gasteiger partial charge in [0, 0.05) is 16.6 Å². The minimum Gasteiger partial charge on any atom is -0.465 e. The SMILES string of the molecule is COC(=O)c1c(NC(=O)C2CCCN2S(=O)(=O)c2ccc(Cl)s2)sc2ccccc12. The Morgan fingerprint density at radius 3 is 2.67 bits per heavy atom. The molecule has 1 aliphatic rings. The van der Waals surface area contributed by atoms with E-state index in [0.717, 1.165) is 16.0 Å². The lowest BCUT2D eigenvalue weighted by atomic mass is 10.1. The first kappa shape index (κ1) is 21.3. The first-order chi connectivity index (χ1) is 14.3. The summed E-state index contributed by atoms with van der Waals surface area (Å²) in [5, 5.41) is 3.78. The monoisotopic (exact) mass is 484 g/mol. The van der Waals surface area contributed by atoms with Gasteiger partial charge in [-0.3, -0.25) is 4.79 Å². The second kappa shape index (κ2) is 8.27. The molecule has 0 bridgehead atoms. The number of anilines is 1. The molecule has 1 unspecified atom stereocenters. The van der Waals surface area contributed by atoms with E-state index in [9.17, 15) is 18.0 Å². The molecule has 7 nitrogen and oxygen atoms in total. The lowest BCUT2D eigenvalue weighted by Crippen LogP contribution is -2.42. The maximum absolute atomic E-state index is 13.1. The quantitative estimate of drug-likeness (QED) is 0.548. The third-order valence-corrected chi connectivity index (χ3v) is 9.53. The highest BCUT2D eigenvalue weighted by Gasteiger charge is 2.40. The topological polar surface area (TPSA) is 92.8 Å². The molecule has 3 aromatic rings. The van der Waals surface area contributed by atoms with Crippen LogP contribution in [0.15, 0.2) is 40.6 Å². The Hall–Kier alpha value is -1.98. The highest BCUT2D eigenvalue weighted by molar-refractivity contribution is 7.91. The zero-order valence-corrected chi connectivity index (χ0v) is 19.0. The minimum atomic E-state index is -3.84. The second-order valence-corrected chi connectivity index (χ2v) is 11.5. The molecule has 3 heterocycles. The summed E-state index contributed by atoms with van der Waals surface area (Å²) < 4.78 is 33.4. The van der Waals surface area contributed by atoms with Crippen molar-refractivity contribution in [2.75, 3.05) is 19.0 Å². The van der Waals surface area contributed by atoms with E-state index in [0.29, 0.717) is 27.6 Å². The fourth-order valence-electron chi connectivity index (χ4n) is 3.48. The average Bonchev–Trinajstić information content (AvgIpc) is 3.45. The minimum absolute atomic E-state index is 0.101. The van der Waals surface area contributed by atoms with E-state index in [1.54, 1.807) is 12.1 Å². The van der Waals surface area contributed by atoms with Gasteiger partial charge in [-0.1, -0.05) is 29.8 Å². The van der Waals surface area contributed by atoms with E-state index >= 15 is 0 Å². The summed E-state index contributed by atoms with van der Waals surface area (Å²) in [6.07, 6.45) is 0.954. The number of halogens is 1. The number of benzene rings is 1. The molecule has 0 saturated carbocycles. The van der Waals surface area contributed by atoms with Gasteiger partial charge in [0.15, 0.2) is 0 Å². The third kappa shape index (κ3) is 3.74. The molecule has 1 fully saturated rings. The maximum Gasteiger partial charge on any atom is 0.341 e. The number of thiophene rings is 2. The number of carbonyl (C=O) groups is 2. The number of hydrogen-bond donors (Lipinski definition) is 1. The van der Waals surface area contributed by atoms with Gasteiger partial charge in [0.05, 0.1) is 11.4 Å². The molecular weight excluding hydrogens is 468 g/mol. The van der Waals surface area contributed by atoms with E-state index in [-0.39, 0.29) is 16.3 Å². The number of fused-ring (bicyclic) bond motifs is 1. The summed E-state index contributed by atoms with van der Waals surface area (Å²) in [6, 6.07) is 9.34. The van der Waals surface area contributed by atoms with Crippen molar-refractivity contribution < 1.29 is 22.7 Å². The zero-order valence-electron chi connectivity index (χ0n) is 15.8. The van der Waals surface area contributed by atoms with Gasteiger partial charge in [0.25, 0.3) is 10.0 Å². The Labute approximate surface area is 186 Å². The molecular formula is C19H17ClN2O5S3. The standard InChI is InChI=1S/C19H17ClN2O5S3/c1-27-19(24)16-11-5-2-3-7-13(11)28-18(16)21-17(23)12-6-4-10-22(12)30(25,26)15-9-8-14(20)29-15/h2-3,5,7-9,12H,4,6,10H2,1H3,(H,21,23). The normalized spacial score (nSPS) is 17.3. The number of amides is 1. The Morgan fingerprint density at radius 1 is 1.20 bits per heavy atom. The lowest BCUT2D eigenvalue weighted by molar-refractivity contribution is -0.119. The number of methoxy groups -OCH3 is 1. The second-order valence-electron chi connectivity index (χ2n) is 6.62. The predicted molar refractivity (Wildman–Crippen MR) is 118 cm³/mol. The summed E-state index contributed by atoms with van der Waals surface area (Å²) in [4.78, 5) is 25.4. The number of carbonyl (C=O) groups excluding carboxylic acids is 2. The molecule has 0 aliphatic carbocycles. The molecule has 1 aliphatic heterocycles. The Kier molecular flexibility index (Phi) is 5.86. The number of nitrogens with zero attached hydrogens (tertiary/aromatic N) is 1. The van der Waals surface area contributed by atoms with Crippen LogP contribution in [0.1, 0.15) is 23.2 Å². The fraction of sp³-hybridized carbons (Fsp3) is 0.263. The molecule has 30 heavy (non-hydrogen) atoms. The van der Waals surface area contributed by atoms with Crippen LogP contribution in [-0.4, -0.2) is 44.3 Å². The Morgan fingerprint density at radius 2 is 1.97 bits per heavy atom. The van der Waals surface area contributed by atoms with Crippen LogP contribution in [-0.2, 0) is 19.6 Å². The molecule has 1 amide bonds. The van der Waals surface area contributed by atoms with Gasteiger partial charge < -0.3 is 10.1 Å². The average molecular weight is 485 g/mol. The number of rotatable bonds is 5. The summed E-state index contributed by atoms with van der Waals surface area (Å²) in [5.74, 6) is -1.04. The molecule has 1 aromatic carbocycles. The van der Waals surface area contributed by atoms with Crippen LogP contribution in [0.3, 0.4) is 0 Å². The summed E-state index contributed by atoms with van der Waals surface area (Å²) in [6.45, 7) is 0.242. The van der Waals surface area contributed by atoms with Crippen LogP contribution >= 0.6 is 34.3 Å². The third-order valence-electron chi connectivity index (χ3n) is 4.84. The maximum atomic E-state index is 13.1. The van der Waals surface area contributed by atoms with Crippen molar-refractivity contribution in [3.05, 3.63) is 46.3 Å². The van der Waals surface area contributed by atoms with Crippen molar-refractivity contribution in [1.82, 2.24) is 4.31 Å². The Balaban J connectivity index is 1.65. The smallest absolute Gasteiger partial charge is 0.341 e. The highest BCUT2D eigenvalue weighted by Crippen LogP contribution is 2.37. The van der Waals surface area contributed by atoms with Crippen LogP contribution in [0.5, 0.6) is 0 Å². The molecule has 4 rings (SSSR count). The van der Waals surface area contributed by atoms with Gasteiger partial charge >= 0.3 is 5.97 Å². The van der Waals surface area contributed by atoms with Gasteiger partial charge in [-0.2, -0.15) is 4.31 Å². The number of sulfonamides is 1. The molecule has 2 aromatic heterocycles. The van der Waals surface area contributed by atoms with Crippen LogP contribution < -0.4 is 5.32 Å².